The van der Waals surface area contributed by atoms with Gasteiger partial charge in [-0.2, -0.15) is 0 Å². The second kappa shape index (κ2) is 22.5. The molecule has 12 heteroatoms. The highest BCUT2D eigenvalue weighted by Crippen LogP contribution is 2.31. The molecule has 3 aliphatic rings. The molecule has 5 N–H and O–H groups in total. The molecule has 3 atom stereocenters. The normalized spacial score (nSPS) is 18.5. The third-order valence-corrected chi connectivity index (χ3v) is 7.96. The number of hydrogen-bond donors (Lipinski definition) is 4. The van der Waals surface area contributed by atoms with Crippen LogP contribution in [-0.4, -0.2) is 77.2 Å². The van der Waals surface area contributed by atoms with Crippen molar-refractivity contribution in [3.63, 3.8) is 0 Å². The molecule has 0 aromatic carbocycles. The fraction of sp³-hybridized carbons (Fsp3) is 0.833. The van der Waals surface area contributed by atoms with Crippen molar-refractivity contribution in [3.8, 4) is 0 Å². The minimum atomic E-state index is -1.11. The Bertz CT molecular complexity index is 1020. The maximum absolute atomic E-state index is 13.6. The Kier molecular flexibility index (Phi) is 21.0. The van der Waals surface area contributed by atoms with Gasteiger partial charge in [-0.1, -0.05) is 106 Å². The van der Waals surface area contributed by atoms with Crippen LogP contribution in [0.2, 0.25) is 0 Å². The Hall–Kier alpha value is -3.18. The number of Topliss-reactive ketones (excluding diaryl/α,β-unsaturated/α-hetero) is 1. The monoisotopic (exact) mass is 682 g/mol. The van der Waals surface area contributed by atoms with Crippen molar-refractivity contribution in [1.82, 2.24) is 20.9 Å². The Labute approximate surface area is 289 Å². The molecule has 0 aromatic heterocycles. The van der Waals surface area contributed by atoms with Crippen LogP contribution in [0.15, 0.2) is 0 Å². The molecule has 5 amide bonds. The maximum atomic E-state index is 13.6. The van der Waals surface area contributed by atoms with Gasteiger partial charge in [-0.25, -0.2) is 4.79 Å². The lowest BCUT2D eigenvalue weighted by atomic mass is 9.80. The molecule has 0 aromatic rings. The van der Waals surface area contributed by atoms with E-state index in [9.17, 15) is 28.8 Å². The molecular weight excluding hydrogens is 614 g/mol. The zero-order valence-corrected chi connectivity index (χ0v) is 31.6. The highest BCUT2D eigenvalue weighted by molar-refractivity contribution is 6.37. The first-order chi connectivity index (χ1) is 22.4. The minimum absolute atomic E-state index is 0.235. The number of urea groups is 1. The van der Waals surface area contributed by atoms with E-state index in [2.05, 4.69) is 29.8 Å². The van der Waals surface area contributed by atoms with Crippen LogP contribution < -0.4 is 21.7 Å². The van der Waals surface area contributed by atoms with E-state index < -0.39 is 64.6 Å². The molecule has 0 radical (unpaired) electrons. The summed E-state index contributed by atoms with van der Waals surface area (Å²) in [6, 6.07) is -3.62. The fourth-order valence-corrected chi connectivity index (χ4v) is 5.45. The van der Waals surface area contributed by atoms with E-state index in [0.29, 0.717) is 25.8 Å². The topological polar surface area (TPSA) is 177 Å². The molecule has 3 unspecified atom stereocenters. The molecule has 12 nitrogen and oxygen atoms in total. The number of nitrogens with two attached hydrogens (primary N) is 1. The first-order valence-electron chi connectivity index (χ1n) is 18.1. The smallest absolute Gasteiger partial charge is 0.325 e. The number of rotatable bonds is 10. The van der Waals surface area contributed by atoms with Crippen molar-refractivity contribution >= 4 is 35.5 Å². The molecule has 1 saturated heterocycles. The molecular formula is C36H67N5O7. The second-order valence-corrected chi connectivity index (χ2v) is 14.7. The number of nitrogens with one attached hydrogen (secondary N) is 3. The van der Waals surface area contributed by atoms with Gasteiger partial charge in [-0.15, -0.1) is 0 Å². The van der Waals surface area contributed by atoms with Gasteiger partial charge in [0.05, 0.1) is 6.04 Å². The lowest BCUT2D eigenvalue weighted by molar-refractivity contribution is -0.153. The van der Waals surface area contributed by atoms with Crippen LogP contribution in [0.3, 0.4) is 0 Å². The lowest BCUT2D eigenvalue weighted by Gasteiger charge is -2.36. The summed E-state index contributed by atoms with van der Waals surface area (Å²) >= 11 is 0. The van der Waals surface area contributed by atoms with Gasteiger partial charge in [0.15, 0.2) is 0 Å². The molecule has 2 aliphatic carbocycles. The summed E-state index contributed by atoms with van der Waals surface area (Å²) in [6.45, 7) is 18.6. The van der Waals surface area contributed by atoms with Crippen molar-refractivity contribution in [1.29, 1.82) is 0 Å². The fourth-order valence-electron chi connectivity index (χ4n) is 5.45. The van der Waals surface area contributed by atoms with Gasteiger partial charge in [0.25, 0.3) is 5.91 Å². The van der Waals surface area contributed by atoms with Crippen LogP contribution in [0.25, 0.3) is 0 Å². The van der Waals surface area contributed by atoms with E-state index in [1.54, 1.807) is 41.5 Å². The number of carbonyl (C=O) groups excluding carboxylic acids is 6. The summed E-state index contributed by atoms with van der Waals surface area (Å²) in [4.78, 5) is 76.6. The second-order valence-electron chi connectivity index (χ2n) is 14.7. The summed E-state index contributed by atoms with van der Waals surface area (Å²) in [5, 5.41) is 7.70. The zero-order valence-electron chi connectivity index (χ0n) is 31.6. The third kappa shape index (κ3) is 17.3. The summed E-state index contributed by atoms with van der Waals surface area (Å²) in [5.74, 6) is -3.33. The Morgan fingerprint density at radius 2 is 1.33 bits per heavy atom. The quantitative estimate of drug-likeness (QED) is 0.182. The van der Waals surface area contributed by atoms with E-state index in [1.165, 1.54) is 43.4 Å². The standard InChI is InChI=1S/C26H43N5O7.C5H10.C3H8.C2H6/c1-25(2,3)20(30-24(37)28-14-18(32)38-26(4,5)6)23(36)31-12-8-11-17(31)22(35)29-16(19(33)21(27)34)13-15-9-7-10-15;1-2-4-5-3-1;1-3-2;1-2/h15-17,20H,7-14H2,1-6H3,(H2,27,34)(H,29,35)(H2,28,30,37);1-5H2;3H2,1-2H3;1-2H3. The number of hydrogen-bond acceptors (Lipinski definition) is 7. The number of ketones is 1. The summed E-state index contributed by atoms with van der Waals surface area (Å²) in [7, 11) is 0. The van der Waals surface area contributed by atoms with E-state index in [0.717, 1.165) is 19.3 Å². The summed E-state index contributed by atoms with van der Waals surface area (Å²) in [5.41, 5.74) is 3.78. The van der Waals surface area contributed by atoms with E-state index in [-0.39, 0.29) is 12.5 Å². The number of nitrogens with zero attached hydrogens (tertiary/aromatic N) is 1. The van der Waals surface area contributed by atoms with Crippen LogP contribution in [0.1, 0.15) is 146 Å². The maximum Gasteiger partial charge on any atom is 0.325 e. The lowest BCUT2D eigenvalue weighted by Crippen LogP contribution is -2.60. The molecule has 3 fully saturated rings. The van der Waals surface area contributed by atoms with Gasteiger partial charge in [0, 0.05) is 6.54 Å². The largest absolute Gasteiger partial charge is 0.459 e. The Balaban J connectivity index is 0.00000192. The van der Waals surface area contributed by atoms with Crippen LogP contribution >= 0.6 is 0 Å². The van der Waals surface area contributed by atoms with E-state index in [1.807, 2.05) is 13.8 Å². The number of esters is 1. The van der Waals surface area contributed by atoms with E-state index >= 15 is 0 Å². The minimum Gasteiger partial charge on any atom is -0.459 e. The van der Waals surface area contributed by atoms with Gasteiger partial charge >= 0.3 is 12.0 Å². The van der Waals surface area contributed by atoms with Crippen LogP contribution in [0.4, 0.5) is 4.79 Å². The molecule has 1 heterocycles. The predicted molar refractivity (Wildman–Crippen MR) is 189 cm³/mol. The molecule has 2 saturated carbocycles. The molecule has 1 aliphatic heterocycles. The van der Waals surface area contributed by atoms with Crippen molar-refractivity contribution in [2.45, 2.75) is 170 Å². The number of carbonyl (C=O) groups is 6. The number of amides is 5. The number of likely N-dealkylation sites (tertiary alicyclic amines) is 1. The molecule has 278 valence electrons. The number of primary amides is 1. The zero-order chi connectivity index (χ0) is 37.1. The van der Waals surface area contributed by atoms with Crippen LogP contribution in [0.5, 0.6) is 0 Å². The van der Waals surface area contributed by atoms with Gasteiger partial charge in [0.1, 0.15) is 24.2 Å². The summed E-state index contributed by atoms with van der Waals surface area (Å²) in [6.07, 6.45) is 12.9. The van der Waals surface area contributed by atoms with Gasteiger partial charge in [-0.05, 0) is 51.4 Å². The average Bonchev–Trinajstić information content (AvgIpc) is 3.71. The highest BCUT2D eigenvalue weighted by atomic mass is 16.6. The highest BCUT2D eigenvalue weighted by Gasteiger charge is 2.43. The summed E-state index contributed by atoms with van der Waals surface area (Å²) < 4.78 is 5.17. The van der Waals surface area contributed by atoms with E-state index in [4.69, 9.17) is 10.5 Å². The first-order valence-corrected chi connectivity index (χ1v) is 18.1. The third-order valence-electron chi connectivity index (χ3n) is 7.96. The molecule has 0 bridgehead atoms. The molecule has 0 spiro atoms. The Morgan fingerprint density at radius 1 is 0.812 bits per heavy atom. The van der Waals surface area contributed by atoms with Crippen molar-refractivity contribution in [2.24, 2.45) is 17.1 Å². The van der Waals surface area contributed by atoms with Crippen molar-refractivity contribution in [2.75, 3.05) is 13.1 Å². The first kappa shape index (κ1) is 44.8. The van der Waals surface area contributed by atoms with Gasteiger partial charge in [-0.3, -0.25) is 24.0 Å². The van der Waals surface area contributed by atoms with Crippen molar-refractivity contribution in [3.05, 3.63) is 0 Å². The van der Waals surface area contributed by atoms with Crippen LogP contribution in [0, 0.1) is 11.3 Å². The Morgan fingerprint density at radius 3 is 1.75 bits per heavy atom. The van der Waals surface area contributed by atoms with Gasteiger partial charge < -0.3 is 31.3 Å². The van der Waals surface area contributed by atoms with Gasteiger partial charge in [0.2, 0.25) is 17.6 Å². The SMILES string of the molecule is C1CCCC1.CC.CC(C)(C)OC(=O)CNC(=O)NC(C(=O)N1CCCC1C(=O)NC(CC1CCC1)C(=O)C(N)=O)C(C)(C)C.CCC. The predicted octanol–water partition coefficient (Wildman–Crippen LogP) is 5.16. The molecule has 3 rings (SSSR count). The molecule has 48 heavy (non-hydrogen) atoms. The van der Waals surface area contributed by atoms with Crippen LogP contribution in [-0.2, 0) is 28.7 Å². The number of ether oxygens (including phenoxy) is 1. The van der Waals surface area contributed by atoms with Crippen molar-refractivity contribution < 1.29 is 33.5 Å². The average molecular weight is 682 g/mol.